The molecule has 0 radical (unpaired) electrons. The van der Waals surface area contributed by atoms with Gasteiger partial charge in [0.25, 0.3) is 5.91 Å². The van der Waals surface area contributed by atoms with Crippen LogP contribution < -0.4 is 5.73 Å². The molecule has 0 saturated heterocycles. The standard InChI is InChI=1S/C12H15FN2O5S/c1-8(12(14)17)20-11(16)7-15(2)21(18,19)10-5-3-9(13)4-6-10/h3-6,8H,7H2,1-2H3,(H2,14,17). The fourth-order valence-electron chi connectivity index (χ4n) is 1.35. The molecule has 2 N–H and O–H groups in total. The van der Waals surface area contributed by atoms with Gasteiger partial charge in [0.15, 0.2) is 6.10 Å². The first kappa shape index (κ1) is 17.1. The first-order valence-electron chi connectivity index (χ1n) is 5.85. The van der Waals surface area contributed by atoms with Gasteiger partial charge in [-0.25, -0.2) is 12.8 Å². The van der Waals surface area contributed by atoms with Crippen LogP contribution in [0.5, 0.6) is 0 Å². The maximum Gasteiger partial charge on any atom is 0.322 e. The van der Waals surface area contributed by atoms with E-state index < -0.39 is 40.4 Å². The monoisotopic (exact) mass is 318 g/mol. The van der Waals surface area contributed by atoms with Crippen molar-refractivity contribution in [1.82, 2.24) is 4.31 Å². The van der Waals surface area contributed by atoms with E-state index >= 15 is 0 Å². The van der Waals surface area contributed by atoms with Crippen molar-refractivity contribution < 1.29 is 27.1 Å². The summed E-state index contributed by atoms with van der Waals surface area (Å²) in [6.45, 7) is 0.673. The predicted molar refractivity (Wildman–Crippen MR) is 71.0 cm³/mol. The maximum atomic E-state index is 12.8. The Labute approximate surface area is 121 Å². The fraction of sp³-hybridized carbons (Fsp3) is 0.333. The second-order valence-electron chi connectivity index (χ2n) is 4.25. The quantitative estimate of drug-likeness (QED) is 0.735. The summed E-state index contributed by atoms with van der Waals surface area (Å²) < 4.78 is 42.4. The average molecular weight is 318 g/mol. The van der Waals surface area contributed by atoms with Crippen LogP contribution in [-0.2, 0) is 24.3 Å². The van der Waals surface area contributed by atoms with Crippen LogP contribution in [0.1, 0.15) is 6.92 Å². The van der Waals surface area contributed by atoms with Crippen molar-refractivity contribution in [2.24, 2.45) is 5.73 Å². The second kappa shape index (κ2) is 6.64. The van der Waals surface area contributed by atoms with Crippen molar-refractivity contribution in [3.63, 3.8) is 0 Å². The van der Waals surface area contributed by atoms with Crippen LogP contribution in [-0.4, -0.2) is 44.3 Å². The maximum absolute atomic E-state index is 12.8. The molecule has 1 rings (SSSR count). The lowest BCUT2D eigenvalue weighted by molar-refractivity contribution is -0.153. The third-order valence-electron chi connectivity index (χ3n) is 2.58. The number of carbonyl (C=O) groups is 2. The molecule has 0 bridgehead atoms. The third kappa shape index (κ3) is 4.50. The summed E-state index contributed by atoms with van der Waals surface area (Å²) in [5, 5.41) is 0. The Morgan fingerprint density at radius 3 is 2.33 bits per heavy atom. The molecule has 1 amide bonds. The van der Waals surface area contributed by atoms with Crippen LogP contribution in [0, 0.1) is 5.82 Å². The van der Waals surface area contributed by atoms with Gasteiger partial charge in [-0.05, 0) is 31.2 Å². The summed E-state index contributed by atoms with van der Waals surface area (Å²) in [5.41, 5.74) is 4.92. The van der Waals surface area contributed by atoms with Crippen molar-refractivity contribution in [1.29, 1.82) is 0 Å². The van der Waals surface area contributed by atoms with Gasteiger partial charge in [0.2, 0.25) is 10.0 Å². The number of carbonyl (C=O) groups excluding carboxylic acids is 2. The Balaban J connectivity index is 2.78. The van der Waals surface area contributed by atoms with E-state index in [9.17, 15) is 22.4 Å². The van der Waals surface area contributed by atoms with Gasteiger partial charge >= 0.3 is 5.97 Å². The fourth-order valence-corrected chi connectivity index (χ4v) is 2.46. The minimum atomic E-state index is -3.96. The lowest BCUT2D eigenvalue weighted by atomic mass is 10.4. The van der Waals surface area contributed by atoms with E-state index in [2.05, 4.69) is 4.74 Å². The number of hydrogen-bond donors (Lipinski definition) is 1. The number of esters is 1. The van der Waals surface area contributed by atoms with Crippen LogP contribution in [0.15, 0.2) is 29.2 Å². The number of amides is 1. The van der Waals surface area contributed by atoms with E-state index in [0.717, 1.165) is 35.6 Å². The molecule has 21 heavy (non-hydrogen) atoms. The van der Waals surface area contributed by atoms with E-state index in [0.29, 0.717) is 0 Å². The van der Waals surface area contributed by atoms with E-state index in [1.54, 1.807) is 0 Å². The highest BCUT2D eigenvalue weighted by Crippen LogP contribution is 2.14. The lowest BCUT2D eigenvalue weighted by Gasteiger charge is -2.17. The Bertz CT molecular complexity index is 630. The van der Waals surface area contributed by atoms with Crippen LogP contribution in [0.25, 0.3) is 0 Å². The highest BCUT2D eigenvalue weighted by Gasteiger charge is 2.25. The zero-order valence-electron chi connectivity index (χ0n) is 11.4. The summed E-state index contributed by atoms with van der Waals surface area (Å²) in [7, 11) is -2.80. The molecule has 0 heterocycles. The Morgan fingerprint density at radius 2 is 1.86 bits per heavy atom. The van der Waals surface area contributed by atoms with E-state index in [-0.39, 0.29) is 4.90 Å². The van der Waals surface area contributed by atoms with Crippen LogP contribution in [0.3, 0.4) is 0 Å². The zero-order chi connectivity index (χ0) is 16.2. The van der Waals surface area contributed by atoms with Crippen molar-refractivity contribution >= 4 is 21.9 Å². The molecule has 0 spiro atoms. The molecule has 1 atom stereocenters. The molecule has 0 fully saturated rings. The first-order chi connectivity index (χ1) is 9.64. The van der Waals surface area contributed by atoms with Crippen molar-refractivity contribution in [3.05, 3.63) is 30.1 Å². The topological polar surface area (TPSA) is 107 Å². The molecule has 0 aliphatic heterocycles. The SMILES string of the molecule is CC(OC(=O)CN(C)S(=O)(=O)c1ccc(F)cc1)C(N)=O. The largest absolute Gasteiger partial charge is 0.452 e. The van der Waals surface area contributed by atoms with Gasteiger partial charge in [-0.1, -0.05) is 0 Å². The number of halogens is 1. The van der Waals surface area contributed by atoms with Crippen molar-refractivity contribution in [2.45, 2.75) is 17.9 Å². The van der Waals surface area contributed by atoms with Gasteiger partial charge in [0, 0.05) is 7.05 Å². The number of hydrogen-bond acceptors (Lipinski definition) is 5. The van der Waals surface area contributed by atoms with Crippen LogP contribution >= 0.6 is 0 Å². The van der Waals surface area contributed by atoms with Crippen LogP contribution in [0.2, 0.25) is 0 Å². The Kier molecular flexibility index (Phi) is 5.39. The van der Waals surface area contributed by atoms with Crippen molar-refractivity contribution in [3.8, 4) is 0 Å². The number of likely N-dealkylation sites (N-methyl/N-ethyl adjacent to an activating group) is 1. The molecule has 0 aliphatic carbocycles. The molecule has 0 aliphatic rings. The van der Waals surface area contributed by atoms with E-state index in [4.69, 9.17) is 5.73 Å². The summed E-state index contributed by atoms with van der Waals surface area (Å²) in [5.74, 6) is -2.34. The molecular weight excluding hydrogens is 303 g/mol. The van der Waals surface area contributed by atoms with Crippen molar-refractivity contribution in [2.75, 3.05) is 13.6 Å². The van der Waals surface area contributed by atoms with Gasteiger partial charge in [-0.15, -0.1) is 0 Å². The minimum absolute atomic E-state index is 0.165. The Hall–Kier alpha value is -2.00. The number of benzene rings is 1. The second-order valence-corrected chi connectivity index (χ2v) is 6.29. The molecule has 9 heteroatoms. The molecular formula is C12H15FN2O5S. The van der Waals surface area contributed by atoms with E-state index in [1.807, 2.05) is 0 Å². The smallest absolute Gasteiger partial charge is 0.322 e. The molecule has 0 aromatic heterocycles. The highest BCUT2D eigenvalue weighted by molar-refractivity contribution is 7.89. The van der Waals surface area contributed by atoms with Gasteiger partial charge < -0.3 is 10.5 Å². The molecule has 0 saturated carbocycles. The number of ether oxygens (including phenoxy) is 1. The zero-order valence-corrected chi connectivity index (χ0v) is 12.3. The van der Waals surface area contributed by atoms with Gasteiger partial charge in [-0.2, -0.15) is 4.31 Å². The number of nitrogens with two attached hydrogens (primary N) is 1. The Morgan fingerprint density at radius 1 is 1.33 bits per heavy atom. The molecule has 1 aromatic rings. The third-order valence-corrected chi connectivity index (χ3v) is 4.40. The van der Waals surface area contributed by atoms with Gasteiger partial charge in [0.1, 0.15) is 12.4 Å². The van der Waals surface area contributed by atoms with Gasteiger partial charge in [0.05, 0.1) is 4.90 Å². The lowest BCUT2D eigenvalue weighted by Crippen LogP contribution is -2.37. The number of nitrogens with zero attached hydrogens (tertiary/aromatic N) is 1. The molecule has 7 nitrogen and oxygen atoms in total. The predicted octanol–water partition coefficient (Wildman–Crippen LogP) is -0.137. The molecule has 1 aromatic carbocycles. The minimum Gasteiger partial charge on any atom is -0.452 e. The summed E-state index contributed by atoms with van der Waals surface area (Å²) >= 11 is 0. The summed E-state index contributed by atoms with van der Waals surface area (Å²) in [6, 6.07) is 4.15. The average Bonchev–Trinajstić information content (AvgIpc) is 2.38. The molecule has 116 valence electrons. The number of rotatable bonds is 6. The first-order valence-corrected chi connectivity index (χ1v) is 7.29. The number of sulfonamides is 1. The molecule has 1 unspecified atom stereocenters. The van der Waals surface area contributed by atoms with E-state index in [1.165, 1.54) is 6.92 Å². The number of primary amides is 1. The van der Waals surface area contributed by atoms with Gasteiger partial charge in [-0.3, -0.25) is 9.59 Å². The summed E-state index contributed by atoms with van der Waals surface area (Å²) in [6.07, 6.45) is -1.15. The normalized spacial score (nSPS) is 13.0. The van der Waals surface area contributed by atoms with Crippen LogP contribution in [0.4, 0.5) is 4.39 Å². The highest BCUT2D eigenvalue weighted by atomic mass is 32.2. The summed E-state index contributed by atoms with van der Waals surface area (Å²) in [4.78, 5) is 22.1.